The van der Waals surface area contributed by atoms with Gasteiger partial charge in [0, 0.05) is 0 Å². The van der Waals surface area contributed by atoms with Crippen molar-refractivity contribution in [2.24, 2.45) is 9.98 Å². The number of hydrogen-bond donors (Lipinski definition) is 0. The summed E-state index contributed by atoms with van der Waals surface area (Å²) in [5.74, 6) is 1.57. The fourth-order valence-electron chi connectivity index (χ4n) is 2.43. The van der Waals surface area contributed by atoms with Gasteiger partial charge in [-0.2, -0.15) is 0 Å². The molecule has 0 fully saturated rings. The summed E-state index contributed by atoms with van der Waals surface area (Å²) in [4.78, 5) is 11.6. The molecule has 0 atom stereocenters. The normalized spacial score (nSPS) is 27.2. The van der Waals surface area contributed by atoms with Crippen molar-refractivity contribution in [2.75, 3.05) is 20.1 Å². The van der Waals surface area contributed by atoms with Crippen molar-refractivity contribution in [1.82, 2.24) is 4.90 Å². The van der Waals surface area contributed by atoms with Crippen LogP contribution in [0, 0.1) is 0 Å². The van der Waals surface area contributed by atoms with Gasteiger partial charge in [0.25, 0.3) is 0 Å². The molecular formula is C17H31N3O2. The fourth-order valence-corrected chi connectivity index (χ4v) is 2.43. The third kappa shape index (κ3) is 3.00. The molecule has 0 aromatic heterocycles. The van der Waals surface area contributed by atoms with Crippen LogP contribution in [0.25, 0.3) is 0 Å². The van der Waals surface area contributed by atoms with Crippen LogP contribution in [0.5, 0.6) is 0 Å². The van der Waals surface area contributed by atoms with Gasteiger partial charge in [-0.25, -0.2) is 9.98 Å². The Kier molecular flexibility index (Phi) is 3.88. The minimum atomic E-state index is -0.269. The first-order chi connectivity index (χ1) is 9.76. The summed E-state index contributed by atoms with van der Waals surface area (Å²) >= 11 is 0. The van der Waals surface area contributed by atoms with Crippen molar-refractivity contribution in [3.8, 4) is 0 Å². The molecule has 126 valence electrons. The molecule has 0 bridgehead atoms. The van der Waals surface area contributed by atoms with Gasteiger partial charge in [-0.1, -0.05) is 0 Å². The fraction of sp³-hybridized carbons (Fsp3) is 0.882. The van der Waals surface area contributed by atoms with E-state index in [-0.39, 0.29) is 22.3 Å². The van der Waals surface area contributed by atoms with Gasteiger partial charge >= 0.3 is 0 Å². The molecule has 0 spiro atoms. The lowest BCUT2D eigenvalue weighted by molar-refractivity contribution is 0.0545. The highest BCUT2D eigenvalue weighted by Gasteiger charge is 2.46. The molecule has 0 aliphatic carbocycles. The van der Waals surface area contributed by atoms with E-state index in [1.165, 1.54) is 0 Å². The topological polar surface area (TPSA) is 46.4 Å². The van der Waals surface area contributed by atoms with E-state index in [4.69, 9.17) is 19.5 Å². The Morgan fingerprint density at radius 1 is 0.727 bits per heavy atom. The lowest BCUT2D eigenvalue weighted by Crippen LogP contribution is -2.42. The monoisotopic (exact) mass is 309 g/mol. The third-order valence-electron chi connectivity index (χ3n) is 5.31. The van der Waals surface area contributed by atoms with Crippen molar-refractivity contribution >= 4 is 11.8 Å². The maximum atomic E-state index is 6.01. The average molecular weight is 309 g/mol. The van der Waals surface area contributed by atoms with Crippen LogP contribution in [0.1, 0.15) is 55.4 Å². The summed E-state index contributed by atoms with van der Waals surface area (Å²) in [6, 6.07) is 0. The molecule has 5 nitrogen and oxygen atoms in total. The second-order valence-corrected chi connectivity index (χ2v) is 8.53. The van der Waals surface area contributed by atoms with E-state index in [0.717, 1.165) is 11.8 Å². The Morgan fingerprint density at radius 3 is 1.27 bits per heavy atom. The Labute approximate surface area is 134 Å². The molecule has 22 heavy (non-hydrogen) atoms. The average Bonchev–Trinajstić information content (AvgIpc) is 2.55. The molecule has 2 heterocycles. The van der Waals surface area contributed by atoms with Crippen LogP contribution in [0.3, 0.4) is 0 Å². The predicted octanol–water partition coefficient (Wildman–Crippen LogP) is 2.89. The van der Waals surface area contributed by atoms with Gasteiger partial charge in [0.1, 0.15) is 11.2 Å². The summed E-state index contributed by atoms with van der Waals surface area (Å²) in [6.45, 7) is 18.1. The van der Waals surface area contributed by atoms with Crippen molar-refractivity contribution in [2.45, 2.75) is 77.7 Å². The molecule has 0 saturated carbocycles. The van der Waals surface area contributed by atoms with E-state index in [9.17, 15) is 0 Å². The highest BCUT2D eigenvalue weighted by atomic mass is 16.5. The predicted molar refractivity (Wildman–Crippen MR) is 90.9 cm³/mol. The number of ether oxygens (including phenoxy) is 2. The maximum absolute atomic E-state index is 6.01. The first-order valence-corrected chi connectivity index (χ1v) is 8.00. The number of aliphatic imine (C=N–C) groups is 2. The first kappa shape index (κ1) is 17.3. The molecule has 0 N–H and O–H groups in total. The molecular weight excluding hydrogens is 278 g/mol. The van der Waals surface area contributed by atoms with Crippen molar-refractivity contribution in [3.05, 3.63) is 0 Å². The Bertz CT molecular complexity index is 470. The van der Waals surface area contributed by atoms with E-state index in [1.807, 2.05) is 7.05 Å². The standard InChI is InChI=1S/C17H31N3O2/c1-14(2)16(5,6)21-12(18-14)10-20(9)11-13-19-15(3,4)17(7,8)22-13/h10-11H2,1-9H3. The van der Waals surface area contributed by atoms with Crippen LogP contribution in [-0.2, 0) is 9.47 Å². The molecule has 2 rings (SSSR count). The summed E-state index contributed by atoms with van der Waals surface area (Å²) in [7, 11) is 2.04. The van der Waals surface area contributed by atoms with Gasteiger partial charge in [0.05, 0.1) is 24.2 Å². The Balaban J connectivity index is 1.97. The Hall–Kier alpha value is -1.10. The number of rotatable bonds is 4. The lowest BCUT2D eigenvalue weighted by Gasteiger charge is -2.31. The third-order valence-corrected chi connectivity index (χ3v) is 5.31. The van der Waals surface area contributed by atoms with Crippen molar-refractivity contribution < 1.29 is 9.47 Å². The number of hydrogen-bond acceptors (Lipinski definition) is 5. The molecule has 0 amide bonds. The number of nitrogens with zero attached hydrogens (tertiary/aromatic N) is 3. The quantitative estimate of drug-likeness (QED) is 0.802. The second-order valence-electron chi connectivity index (χ2n) is 8.53. The van der Waals surface area contributed by atoms with Gasteiger partial charge in [-0.05, 0) is 62.4 Å². The molecule has 5 heteroatoms. The van der Waals surface area contributed by atoms with E-state index >= 15 is 0 Å². The molecule has 0 unspecified atom stereocenters. The van der Waals surface area contributed by atoms with E-state index < -0.39 is 0 Å². The highest BCUT2D eigenvalue weighted by molar-refractivity contribution is 5.84. The lowest BCUT2D eigenvalue weighted by atomic mass is 9.87. The van der Waals surface area contributed by atoms with Crippen LogP contribution in [-0.4, -0.2) is 59.1 Å². The zero-order chi connectivity index (χ0) is 17.0. The minimum Gasteiger partial charge on any atom is -0.471 e. The maximum Gasteiger partial charge on any atom is 0.199 e. The summed E-state index contributed by atoms with van der Waals surface area (Å²) in [5.41, 5.74) is -0.938. The zero-order valence-electron chi connectivity index (χ0n) is 15.6. The minimum absolute atomic E-state index is 0.200. The summed E-state index contributed by atoms with van der Waals surface area (Å²) < 4.78 is 12.0. The highest BCUT2D eigenvalue weighted by Crippen LogP contribution is 2.36. The van der Waals surface area contributed by atoms with Gasteiger partial charge in [0.15, 0.2) is 11.8 Å². The summed E-state index contributed by atoms with van der Waals surface area (Å²) in [6.07, 6.45) is 0. The van der Waals surface area contributed by atoms with Crippen LogP contribution >= 0.6 is 0 Å². The number of likely N-dealkylation sites (N-methyl/N-ethyl adjacent to an activating group) is 1. The van der Waals surface area contributed by atoms with Gasteiger partial charge in [-0.3, -0.25) is 4.90 Å². The SMILES string of the molecule is CN(CC1=NC(C)(C)C(C)(C)O1)CC1=NC(C)(C)C(C)(C)O1. The molecule has 0 aromatic rings. The van der Waals surface area contributed by atoms with E-state index in [1.54, 1.807) is 0 Å². The molecule has 0 saturated heterocycles. The second kappa shape index (κ2) is 4.95. The van der Waals surface area contributed by atoms with Gasteiger partial charge in [0.2, 0.25) is 0 Å². The summed E-state index contributed by atoms with van der Waals surface area (Å²) in [5, 5.41) is 0. The van der Waals surface area contributed by atoms with Crippen molar-refractivity contribution in [1.29, 1.82) is 0 Å². The first-order valence-electron chi connectivity index (χ1n) is 8.00. The van der Waals surface area contributed by atoms with Crippen LogP contribution in [0.15, 0.2) is 9.98 Å². The van der Waals surface area contributed by atoms with Crippen molar-refractivity contribution in [3.63, 3.8) is 0 Å². The molecule has 0 aromatic carbocycles. The van der Waals surface area contributed by atoms with Crippen LogP contribution in [0.4, 0.5) is 0 Å². The van der Waals surface area contributed by atoms with Gasteiger partial charge in [-0.15, -0.1) is 0 Å². The smallest absolute Gasteiger partial charge is 0.199 e. The Morgan fingerprint density at radius 2 is 1.05 bits per heavy atom. The van der Waals surface area contributed by atoms with Crippen LogP contribution < -0.4 is 0 Å². The van der Waals surface area contributed by atoms with Gasteiger partial charge < -0.3 is 9.47 Å². The van der Waals surface area contributed by atoms with E-state index in [0.29, 0.717) is 13.1 Å². The van der Waals surface area contributed by atoms with Crippen LogP contribution in [0.2, 0.25) is 0 Å². The molecule has 2 aliphatic rings. The molecule has 2 aliphatic heterocycles. The zero-order valence-corrected chi connectivity index (χ0v) is 15.6. The van der Waals surface area contributed by atoms with E-state index in [2.05, 4.69) is 60.3 Å². The largest absolute Gasteiger partial charge is 0.471 e. The molecule has 0 radical (unpaired) electrons.